The molecule has 0 radical (unpaired) electrons. The van der Waals surface area contributed by atoms with Crippen molar-refractivity contribution >= 4 is 5.57 Å². The van der Waals surface area contributed by atoms with Gasteiger partial charge in [0.15, 0.2) is 0 Å². The van der Waals surface area contributed by atoms with E-state index in [9.17, 15) is 5.26 Å². The third-order valence-corrected chi connectivity index (χ3v) is 3.39. The summed E-state index contributed by atoms with van der Waals surface area (Å²) in [6, 6.07) is 16.1. The number of nitriles is 1. The molecule has 0 unspecified atom stereocenters. The molecule has 0 aliphatic heterocycles. The Morgan fingerprint density at radius 2 is 1.74 bits per heavy atom. The third-order valence-electron chi connectivity index (χ3n) is 3.39. The molecule has 3 rings (SSSR count). The SMILES string of the molecule is [C-]#[N+]/C(C#N)=C1\c2ccccc2-c2ccc(C)cc21. The van der Waals surface area contributed by atoms with Crippen LogP contribution < -0.4 is 0 Å². The molecular weight excluding hydrogens is 232 g/mol. The monoisotopic (exact) mass is 242 g/mol. The minimum absolute atomic E-state index is 0.164. The first-order valence-corrected chi connectivity index (χ1v) is 5.99. The molecule has 0 heterocycles. The third kappa shape index (κ3) is 1.55. The lowest BCUT2D eigenvalue weighted by Crippen LogP contribution is -1.86. The van der Waals surface area contributed by atoms with Gasteiger partial charge in [0.05, 0.1) is 12.6 Å². The van der Waals surface area contributed by atoms with Gasteiger partial charge in [-0.2, -0.15) is 0 Å². The van der Waals surface area contributed by atoms with Crippen molar-refractivity contribution in [2.24, 2.45) is 0 Å². The van der Waals surface area contributed by atoms with Gasteiger partial charge in [-0.25, -0.2) is 10.1 Å². The highest BCUT2D eigenvalue weighted by Gasteiger charge is 2.25. The molecule has 0 saturated carbocycles. The van der Waals surface area contributed by atoms with Gasteiger partial charge in [0.25, 0.3) is 5.70 Å². The molecule has 0 aromatic heterocycles. The molecule has 0 N–H and O–H groups in total. The van der Waals surface area contributed by atoms with E-state index in [1.165, 1.54) is 0 Å². The van der Waals surface area contributed by atoms with Crippen LogP contribution in [0.15, 0.2) is 48.2 Å². The Bertz CT molecular complexity index is 783. The number of rotatable bonds is 0. The minimum atomic E-state index is 0.164. The summed E-state index contributed by atoms with van der Waals surface area (Å²) in [7, 11) is 0. The van der Waals surface area contributed by atoms with Crippen molar-refractivity contribution in [3.05, 3.63) is 76.3 Å². The van der Waals surface area contributed by atoms with E-state index < -0.39 is 0 Å². The van der Waals surface area contributed by atoms with Crippen LogP contribution in [0.4, 0.5) is 0 Å². The second-order valence-electron chi connectivity index (χ2n) is 4.54. The van der Waals surface area contributed by atoms with Crippen molar-refractivity contribution in [2.45, 2.75) is 6.92 Å². The standard InChI is InChI=1S/C17H10N2/c1-11-7-8-13-12-5-3-4-6-14(12)17(15(13)9-11)16(10-18)19-2/h3-9H,1H3/b17-16+. The van der Waals surface area contributed by atoms with Crippen molar-refractivity contribution in [3.8, 4) is 17.2 Å². The van der Waals surface area contributed by atoms with E-state index in [2.05, 4.69) is 17.0 Å². The van der Waals surface area contributed by atoms with Gasteiger partial charge in [0, 0.05) is 5.57 Å². The number of hydrogen-bond donors (Lipinski definition) is 0. The summed E-state index contributed by atoms with van der Waals surface area (Å²) in [5, 5.41) is 9.19. The number of allylic oxidation sites excluding steroid dienone is 1. The second-order valence-corrected chi connectivity index (χ2v) is 4.54. The fourth-order valence-electron chi connectivity index (χ4n) is 2.57. The molecule has 2 heteroatoms. The van der Waals surface area contributed by atoms with Crippen molar-refractivity contribution in [1.82, 2.24) is 0 Å². The topological polar surface area (TPSA) is 28.1 Å². The summed E-state index contributed by atoms with van der Waals surface area (Å²) >= 11 is 0. The average molecular weight is 242 g/mol. The molecule has 88 valence electrons. The fraction of sp³-hybridized carbons (Fsp3) is 0.0588. The van der Waals surface area contributed by atoms with Crippen LogP contribution in [0, 0.1) is 24.8 Å². The Kier molecular flexibility index (Phi) is 2.44. The van der Waals surface area contributed by atoms with Gasteiger partial charge in [0.2, 0.25) is 0 Å². The van der Waals surface area contributed by atoms with Crippen LogP contribution in [0.5, 0.6) is 0 Å². The number of fused-ring (bicyclic) bond motifs is 3. The first-order valence-electron chi connectivity index (χ1n) is 5.99. The Balaban J connectivity index is 2.47. The van der Waals surface area contributed by atoms with Crippen LogP contribution in [-0.4, -0.2) is 0 Å². The summed E-state index contributed by atoms with van der Waals surface area (Å²) in [6.45, 7) is 9.22. The summed E-state index contributed by atoms with van der Waals surface area (Å²) in [6.07, 6.45) is 0. The van der Waals surface area contributed by atoms with Crippen LogP contribution in [-0.2, 0) is 0 Å². The smallest absolute Gasteiger partial charge is 0.226 e. The van der Waals surface area contributed by atoms with E-state index in [0.29, 0.717) is 0 Å². The Morgan fingerprint density at radius 1 is 1.05 bits per heavy atom. The molecule has 0 spiro atoms. The molecule has 1 aliphatic carbocycles. The normalized spacial score (nSPS) is 14.1. The van der Waals surface area contributed by atoms with E-state index in [0.717, 1.165) is 33.4 Å². The molecule has 2 aromatic rings. The van der Waals surface area contributed by atoms with Crippen molar-refractivity contribution < 1.29 is 0 Å². The quantitative estimate of drug-likeness (QED) is 0.429. The van der Waals surface area contributed by atoms with E-state index in [4.69, 9.17) is 6.57 Å². The maximum atomic E-state index is 9.19. The molecular formula is C17H10N2. The van der Waals surface area contributed by atoms with Gasteiger partial charge in [-0.15, -0.1) is 0 Å². The summed E-state index contributed by atoms with van der Waals surface area (Å²) in [5.74, 6) is 0. The molecule has 0 saturated heterocycles. The van der Waals surface area contributed by atoms with Crippen molar-refractivity contribution in [1.29, 1.82) is 5.26 Å². The van der Waals surface area contributed by atoms with E-state index >= 15 is 0 Å². The van der Waals surface area contributed by atoms with Crippen molar-refractivity contribution in [2.75, 3.05) is 0 Å². The first kappa shape index (κ1) is 11.3. The first-order chi connectivity index (χ1) is 9.26. The molecule has 2 aromatic carbocycles. The molecule has 0 amide bonds. The average Bonchev–Trinajstić information content (AvgIpc) is 2.75. The molecule has 19 heavy (non-hydrogen) atoms. The number of aryl methyl sites for hydroxylation is 1. The second kappa shape index (κ2) is 4.12. The van der Waals surface area contributed by atoms with Crippen LogP contribution in [0.2, 0.25) is 0 Å². The van der Waals surface area contributed by atoms with E-state index in [1.54, 1.807) is 0 Å². The molecule has 0 fully saturated rings. The van der Waals surface area contributed by atoms with Crippen LogP contribution >= 0.6 is 0 Å². The van der Waals surface area contributed by atoms with Crippen LogP contribution in [0.25, 0.3) is 21.5 Å². The van der Waals surface area contributed by atoms with Crippen LogP contribution in [0.1, 0.15) is 16.7 Å². The molecule has 0 atom stereocenters. The maximum Gasteiger partial charge on any atom is 0.270 e. The zero-order valence-corrected chi connectivity index (χ0v) is 10.4. The fourth-order valence-corrected chi connectivity index (χ4v) is 2.57. The van der Waals surface area contributed by atoms with Gasteiger partial charge < -0.3 is 0 Å². The lowest BCUT2D eigenvalue weighted by Gasteiger charge is -2.03. The highest BCUT2D eigenvalue weighted by atomic mass is 14.7. The zero-order chi connectivity index (χ0) is 13.4. The highest BCUT2D eigenvalue weighted by Crippen LogP contribution is 2.45. The molecule has 1 aliphatic rings. The minimum Gasteiger partial charge on any atom is -0.226 e. The van der Waals surface area contributed by atoms with Gasteiger partial charge in [-0.05, 0) is 29.2 Å². The van der Waals surface area contributed by atoms with Gasteiger partial charge in [-0.3, -0.25) is 0 Å². The highest BCUT2D eigenvalue weighted by molar-refractivity contribution is 6.03. The number of hydrogen-bond acceptors (Lipinski definition) is 1. The molecule has 2 nitrogen and oxygen atoms in total. The summed E-state index contributed by atoms with van der Waals surface area (Å²) < 4.78 is 0. The number of nitrogens with zero attached hydrogens (tertiary/aromatic N) is 2. The largest absolute Gasteiger partial charge is 0.270 e. The van der Waals surface area contributed by atoms with Gasteiger partial charge in [-0.1, -0.05) is 48.0 Å². The Labute approximate surface area is 112 Å². The predicted octanol–water partition coefficient (Wildman–Crippen LogP) is 4.18. The lowest BCUT2D eigenvalue weighted by molar-refractivity contribution is 1.45. The predicted molar refractivity (Wildman–Crippen MR) is 74.9 cm³/mol. The van der Waals surface area contributed by atoms with Crippen molar-refractivity contribution in [3.63, 3.8) is 0 Å². The van der Waals surface area contributed by atoms with Gasteiger partial charge >= 0.3 is 0 Å². The van der Waals surface area contributed by atoms with Crippen LogP contribution in [0.3, 0.4) is 0 Å². The Hall–Kier alpha value is -2.84. The Morgan fingerprint density at radius 3 is 2.42 bits per heavy atom. The van der Waals surface area contributed by atoms with E-state index in [-0.39, 0.29) is 5.70 Å². The number of benzene rings is 2. The lowest BCUT2D eigenvalue weighted by atomic mass is 10.0. The summed E-state index contributed by atoms with van der Waals surface area (Å²) in [5.41, 5.74) is 6.25. The zero-order valence-electron chi connectivity index (χ0n) is 10.4. The van der Waals surface area contributed by atoms with Gasteiger partial charge in [0.1, 0.15) is 0 Å². The molecule has 0 bridgehead atoms. The summed E-state index contributed by atoms with van der Waals surface area (Å²) in [4.78, 5) is 3.38. The maximum absolute atomic E-state index is 9.19. The van der Waals surface area contributed by atoms with E-state index in [1.807, 2.05) is 43.3 Å².